The number of ether oxygens (including phenoxy) is 2. The van der Waals surface area contributed by atoms with Crippen LogP contribution in [0.3, 0.4) is 0 Å². The van der Waals surface area contributed by atoms with Crippen molar-refractivity contribution in [3.8, 4) is 0 Å². The van der Waals surface area contributed by atoms with E-state index in [0.717, 1.165) is 23.3 Å². The molecule has 0 amide bonds. The quantitative estimate of drug-likeness (QED) is 0.591. The lowest BCUT2D eigenvalue weighted by Crippen LogP contribution is -2.09. The molecule has 0 aromatic heterocycles. The summed E-state index contributed by atoms with van der Waals surface area (Å²) in [5.74, 6) is -1.17. The van der Waals surface area contributed by atoms with E-state index >= 15 is 0 Å². The highest BCUT2D eigenvalue weighted by Gasteiger charge is 2.11. The van der Waals surface area contributed by atoms with Crippen LogP contribution in [-0.2, 0) is 19.1 Å². The molecule has 2 rings (SSSR count). The van der Waals surface area contributed by atoms with Gasteiger partial charge in [-0.2, -0.15) is 0 Å². The number of carbonyl (C=O) groups excluding carboxylic acids is 2. The monoisotopic (exact) mass is 324 g/mol. The van der Waals surface area contributed by atoms with Crippen molar-refractivity contribution < 1.29 is 19.1 Å². The third kappa shape index (κ3) is 5.39. The maximum absolute atomic E-state index is 11.8. The molecule has 24 heavy (non-hydrogen) atoms. The summed E-state index contributed by atoms with van der Waals surface area (Å²) in [5, 5.41) is 0. The maximum Gasteiger partial charge on any atom is 0.331 e. The van der Waals surface area contributed by atoms with Gasteiger partial charge in [-0.25, -0.2) is 9.59 Å². The Bertz CT molecular complexity index is 631. The molecule has 0 aliphatic rings. The minimum absolute atomic E-state index is 0.386. The van der Waals surface area contributed by atoms with E-state index in [2.05, 4.69) is 0 Å². The Morgan fingerprint density at radius 2 is 1.04 bits per heavy atom. The van der Waals surface area contributed by atoms with Crippen LogP contribution in [0.2, 0.25) is 0 Å². The fourth-order valence-electron chi connectivity index (χ4n) is 2.15. The Hall–Kier alpha value is -2.88. The van der Waals surface area contributed by atoms with Gasteiger partial charge in [-0.1, -0.05) is 60.7 Å². The summed E-state index contributed by atoms with van der Waals surface area (Å²) in [6, 6.07) is 18.8. The smallest absolute Gasteiger partial charge is 0.331 e. The molecule has 0 aliphatic heterocycles. The van der Waals surface area contributed by atoms with Crippen molar-refractivity contribution >= 4 is 11.9 Å². The Kier molecular flexibility index (Phi) is 6.32. The van der Waals surface area contributed by atoms with Gasteiger partial charge in [-0.15, -0.1) is 0 Å². The number of carbonyl (C=O) groups is 2. The van der Waals surface area contributed by atoms with Gasteiger partial charge in [0.05, 0.1) is 0 Å². The lowest BCUT2D eigenvalue weighted by molar-refractivity contribution is -0.145. The zero-order chi connectivity index (χ0) is 17.4. The predicted octanol–water partition coefficient (Wildman–Crippen LogP) is 4.15. The van der Waals surface area contributed by atoms with E-state index in [1.165, 1.54) is 0 Å². The Labute approximate surface area is 141 Å². The molecule has 0 N–H and O–H groups in total. The number of esters is 2. The number of hydrogen-bond acceptors (Lipinski definition) is 4. The topological polar surface area (TPSA) is 52.6 Å². The van der Waals surface area contributed by atoms with Crippen LogP contribution < -0.4 is 0 Å². The summed E-state index contributed by atoms with van der Waals surface area (Å²) in [6.45, 7) is 3.55. The van der Waals surface area contributed by atoms with Gasteiger partial charge in [-0.05, 0) is 25.0 Å². The fraction of sp³-hybridized carbons (Fsp3) is 0.200. The average molecular weight is 324 g/mol. The molecule has 0 aliphatic carbocycles. The second-order valence-corrected chi connectivity index (χ2v) is 5.31. The molecule has 0 heterocycles. The molecule has 0 saturated carbocycles. The van der Waals surface area contributed by atoms with Gasteiger partial charge in [0.25, 0.3) is 0 Å². The van der Waals surface area contributed by atoms with E-state index in [1.807, 2.05) is 60.7 Å². The largest absolute Gasteiger partial charge is 0.455 e. The first-order chi connectivity index (χ1) is 11.6. The molecular formula is C20H20O4. The van der Waals surface area contributed by atoms with E-state index in [1.54, 1.807) is 13.8 Å². The highest BCUT2D eigenvalue weighted by Crippen LogP contribution is 2.17. The molecule has 2 unspecified atom stereocenters. The van der Waals surface area contributed by atoms with Crippen LogP contribution in [0.4, 0.5) is 0 Å². The van der Waals surface area contributed by atoms with E-state index in [0.29, 0.717) is 0 Å². The lowest BCUT2D eigenvalue weighted by atomic mass is 10.1. The third-order valence-electron chi connectivity index (χ3n) is 3.48. The SMILES string of the molecule is CC(OC(=O)/C=C\C(=O)OC(C)c1ccccc1)c1ccccc1. The summed E-state index contributed by atoms with van der Waals surface area (Å²) >= 11 is 0. The maximum atomic E-state index is 11.8. The predicted molar refractivity (Wildman–Crippen MR) is 91.0 cm³/mol. The zero-order valence-electron chi connectivity index (χ0n) is 13.7. The van der Waals surface area contributed by atoms with Crippen molar-refractivity contribution in [3.05, 3.63) is 83.9 Å². The van der Waals surface area contributed by atoms with Crippen LogP contribution in [-0.4, -0.2) is 11.9 Å². The van der Waals surface area contributed by atoms with Crippen LogP contribution in [0.15, 0.2) is 72.8 Å². The van der Waals surface area contributed by atoms with Crippen LogP contribution >= 0.6 is 0 Å². The Morgan fingerprint density at radius 3 is 1.38 bits per heavy atom. The minimum Gasteiger partial charge on any atom is -0.455 e. The molecule has 2 aromatic carbocycles. The average Bonchev–Trinajstić information content (AvgIpc) is 2.61. The molecule has 0 saturated heterocycles. The van der Waals surface area contributed by atoms with Gasteiger partial charge in [0, 0.05) is 12.2 Å². The van der Waals surface area contributed by atoms with Crippen molar-refractivity contribution in [2.24, 2.45) is 0 Å². The van der Waals surface area contributed by atoms with Crippen molar-refractivity contribution in [2.75, 3.05) is 0 Å². The van der Waals surface area contributed by atoms with Gasteiger partial charge < -0.3 is 9.47 Å². The summed E-state index contributed by atoms with van der Waals surface area (Å²) in [5.41, 5.74) is 1.78. The first-order valence-electron chi connectivity index (χ1n) is 7.75. The van der Waals surface area contributed by atoms with E-state index in [4.69, 9.17) is 9.47 Å². The van der Waals surface area contributed by atoms with Gasteiger partial charge >= 0.3 is 11.9 Å². The van der Waals surface area contributed by atoms with Gasteiger partial charge in [-0.3, -0.25) is 0 Å². The lowest BCUT2D eigenvalue weighted by Gasteiger charge is -2.12. The normalized spacial score (nSPS) is 13.2. The highest BCUT2D eigenvalue weighted by atomic mass is 16.5. The van der Waals surface area contributed by atoms with Crippen molar-refractivity contribution in [1.82, 2.24) is 0 Å². The molecule has 0 bridgehead atoms. The number of benzene rings is 2. The second kappa shape index (κ2) is 8.67. The minimum atomic E-state index is -0.587. The first-order valence-corrected chi connectivity index (χ1v) is 7.75. The van der Waals surface area contributed by atoms with Gasteiger partial charge in [0.15, 0.2) is 0 Å². The van der Waals surface area contributed by atoms with E-state index < -0.39 is 11.9 Å². The summed E-state index contributed by atoms with van der Waals surface area (Å²) in [7, 11) is 0. The van der Waals surface area contributed by atoms with Gasteiger partial charge in [0.1, 0.15) is 12.2 Å². The summed E-state index contributed by atoms with van der Waals surface area (Å²) in [4.78, 5) is 23.5. The molecule has 4 heteroatoms. The van der Waals surface area contributed by atoms with Crippen molar-refractivity contribution in [3.63, 3.8) is 0 Å². The first kappa shape index (κ1) is 17.5. The Morgan fingerprint density at radius 1 is 0.708 bits per heavy atom. The highest BCUT2D eigenvalue weighted by molar-refractivity contribution is 5.91. The molecule has 0 fully saturated rings. The molecule has 2 atom stereocenters. The molecule has 0 spiro atoms. The molecule has 124 valence electrons. The summed E-state index contributed by atoms with van der Waals surface area (Å²) < 4.78 is 10.5. The van der Waals surface area contributed by atoms with Crippen LogP contribution in [0.5, 0.6) is 0 Å². The standard InChI is InChI=1S/C20H20O4/c1-15(17-9-5-3-6-10-17)23-19(21)13-14-20(22)24-16(2)18-11-7-4-8-12-18/h3-16H,1-2H3/b14-13-. The number of rotatable bonds is 6. The third-order valence-corrected chi connectivity index (χ3v) is 3.48. The van der Waals surface area contributed by atoms with Crippen molar-refractivity contribution in [1.29, 1.82) is 0 Å². The second-order valence-electron chi connectivity index (χ2n) is 5.31. The zero-order valence-corrected chi connectivity index (χ0v) is 13.7. The van der Waals surface area contributed by atoms with E-state index in [-0.39, 0.29) is 12.2 Å². The van der Waals surface area contributed by atoms with Crippen LogP contribution in [0, 0.1) is 0 Å². The summed E-state index contributed by atoms with van der Waals surface area (Å²) in [6.07, 6.45) is 1.39. The molecule has 4 nitrogen and oxygen atoms in total. The van der Waals surface area contributed by atoms with Gasteiger partial charge in [0.2, 0.25) is 0 Å². The van der Waals surface area contributed by atoms with Crippen LogP contribution in [0.25, 0.3) is 0 Å². The molecule has 0 radical (unpaired) electrons. The van der Waals surface area contributed by atoms with Crippen molar-refractivity contribution in [2.45, 2.75) is 26.1 Å². The molecule has 2 aromatic rings. The Balaban J connectivity index is 1.83. The van der Waals surface area contributed by atoms with E-state index in [9.17, 15) is 9.59 Å². The molecular weight excluding hydrogens is 304 g/mol. The fourth-order valence-corrected chi connectivity index (χ4v) is 2.15. The number of hydrogen-bond donors (Lipinski definition) is 0. The van der Waals surface area contributed by atoms with Crippen LogP contribution in [0.1, 0.15) is 37.2 Å².